The van der Waals surface area contributed by atoms with Crippen LogP contribution in [0.2, 0.25) is 0 Å². The van der Waals surface area contributed by atoms with Gasteiger partial charge in [0.1, 0.15) is 5.75 Å². The van der Waals surface area contributed by atoms with Gasteiger partial charge in [0.05, 0.1) is 23.7 Å². The third kappa shape index (κ3) is 4.86. The fraction of sp³-hybridized carbons (Fsp3) is 0.385. The summed E-state index contributed by atoms with van der Waals surface area (Å²) in [5.74, 6) is 0.899. The van der Waals surface area contributed by atoms with E-state index in [2.05, 4.69) is 25.1 Å². The van der Waals surface area contributed by atoms with Gasteiger partial charge in [-0.05, 0) is 18.2 Å². The van der Waals surface area contributed by atoms with Crippen molar-refractivity contribution >= 4 is 24.2 Å². The number of ether oxygens (including phenoxy) is 2. The first-order chi connectivity index (χ1) is 10.0. The second-order valence-electron chi connectivity index (χ2n) is 4.14. The fourth-order valence-electron chi connectivity index (χ4n) is 1.70. The third-order valence-corrected chi connectivity index (χ3v) is 3.07. The number of rotatable bonds is 8. The van der Waals surface area contributed by atoms with E-state index in [1.807, 2.05) is 0 Å². The smallest absolute Gasteiger partial charge is 0.278 e. The number of amides is 1. The second-order valence-corrected chi connectivity index (χ2v) is 4.58. The van der Waals surface area contributed by atoms with Crippen LogP contribution in [0.1, 0.15) is 18.4 Å². The van der Waals surface area contributed by atoms with Gasteiger partial charge in [-0.25, -0.2) is 0 Å². The minimum atomic E-state index is -0.544. The van der Waals surface area contributed by atoms with Gasteiger partial charge in [-0.15, -0.1) is 0 Å². The van der Waals surface area contributed by atoms with E-state index in [9.17, 15) is 14.9 Å². The van der Waals surface area contributed by atoms with Gasteiger partial charge >= 0.3 is 0 Å². The number of methoxy groups -OCH3 is 1. The predicted octanol–water partition coefficient (Wildman–Crippen LogP) is 2.10. The molecule has 22 heavy (non-hydrogen) atoms. The number of carbonyl (C=O) groups excluding carboxylic acids is 1. The number of carbonyl (C=O) groups is 1. The van der Waals surface area contributed by atoms with Gasteiger partial charge in [-0.2, -0.15) is 19.7 Å². The van der Waals surface area contributed by atoms with Gasteiger partial charge in [0, 0.05) is 13.0 Å². The molecule has 0 unspecified atom stereocenters. The van der Waals surface area contributed by atoms with E-state index in [4.69, 9.17) is 9.47 Å². The molecule has 0 aliphatic heterocycles. The zero-order chi connectivity index (χ0) is 15.8. The normalized spacial score (nSPS) is 9.59. The number of thiol groups is 1. The second kappa shape index (κ2) is 9.06. The van der Waals surface area contributed by atoms with Crippen molar-refractivity contribution in [2.24, 2.45) is 0 Å². The topological polar surface area (TPSA) is 90.7 Å². The van der Waals surface area contributed by atoms with Crippen molar-refractivity contribution in [3.05, 3.63) is 34.9 Å². The molecule has 1 rings (SSSR count). The van der Waals surface area contributed by atoms with Gasteiger partial charge in [0.15, 0.2) is 5.75 Å². The van der Waals surface area contributed by atoms with Crippen molar-refractivity contribution in [1.29, 1.82) is 0 Å². The molecule has 0 saturated heterocycles. The Morgan fingerprint density at radius 2 is 2.14 bits per heavy atom. The van der Waals surface area contributed by atoms with Crippen LogP contribution in [0.4, 0.5) is 5.69 Å². The largest absolute Gasteiger partial charge is 0.663 e. The molecule has 0 aromatic heterocycles. The van der Waals surface area contributed by atoms with Crippen LogP contribution in [0.3, 0.4) is 0 Å². The Morgan fingerprint density at radius 3 is 2.64 bits per heavy atom. The Hall–Kier alpha value is -2.96. The minimum Gasteiger partial charge on any atom is -0.663 e. The van der Waals surface area contributed by atoms with Crippen LogP contribution in [0.25, 0.3) is 0 Å². The zero-order valence-corrected chi connectivity index (χ0v) is 19.6. The van der Waals surface area contributed by atoms with Crippen molar-refractivity contribution in [2.75, 3.05) is 12.9 Å². The molecule has 0 saturated carbocycles. The maximum Gasteiger partial charge on any atom is 0.278 e. The van der Waals surface area contributed by atoms with Crippen molar-refractivity contribution in [1.82, 2.24) is 5.32 Å². The van der Waals surface area contributed by atoms with Crippen LogP contribution in [0, 0.1) is 17.2 Å². The van der Waals surface area contributed by atoms with Crippen LogP contribution in [0.5, 0.6) is 11.5 Å². The predicted molar refractivity (Wildman–Crippen MR) is 80.6 cm³/mol. The van der Waals surface area contributed by atoms with E-state index in [1.165, 1.54) is 19.2 Å². The van der Waals surface area contributed by atoms with E-state index < -0.39 is 4.92 Å². The summed E-state index contributed by atoms with van der Waals surface area (Å²) < 4.78 is 9.86. The standard InChI is InChI=1S/C13H17N2O5S.Rf/c1-19-11-6-9(8-14-13(16)4-3-5-21)10(15(17)18)7-12(11)20-2;/h6-7,21H,2-5,8H2,1H3,(H,14,16);/q-1;. The van der Waals surface area contributed by atoms with Gasteiger partial charge < -0.3 is 14.8 Å². The minimum absolute atomic E-state index is 0. The van der Waals surface area contributed by atoms with Gasteiger partial charge in [0.2, 0.25) is 5.91 Å². The SMILES string of the molecule is [CH2-]Oc1cc([N+](=O)[O-])c(CNC(=O)CCCS)cc1OC.[Rf]. The van der Waals surface area contributed by atoms with Crippen LogP contribution < -0.4 is 14.8 Å². The molecule has 0 aliphatic rings. The maximum absolute atomic E-state index is 11.6. The summed E-state index contributed by atoms with van der Waals surface area (Å²) in [6.07, 6.45) is 0.975. The average Bonchev–Trinajstić information content (AvgIpc) is 2.49. The number of nitro groups is 1. The molecule has 0 fully saturated rings. The van der Waals surface area contributed by atoms with E-state index in [1.54, 1.807) is 0 Å². The van der Waals surface area contributed by atoms with Crippen LogP contribution in [-0.4, -0.2) is 23.7 Å². The number of nitro benzene ring substituents is 1. The van der Waals surface area contributed by atoms with Crippen LogP contribution in [-0.2, 0) is 11.3 Å². The molecule has 0 heterocycles. The molecular weight excluding hydrogens is 563 g/mol. The molecule has 118 valence electrons. The first kappa shape index (κ1) is 19.0. The molecule has 0 atom stereocenters. The molecule has 9 heteroatoms. The zero-order valence-electron chi connectivity index (χ0n) is 12.3. The Bertz CT molecular complexity index is 527. The van der Waals surface area contributed by atoms with Crippen molar-refractivity contribution in [2.45, 2.75) is 19.4 Å². The van der Waals surface area contributed by atoms with Gasteiger partial charge in [-0.1, -0.05) is 0 Å². The number of benzene rings is 1. The molecule has 1 amide bonds. The Kier molecular flexibility index (Phi) is 7.84. The van der Waals surface area contributed by atoms with E-state index in [-0.39, 0.29) is 23.9 Å². The van der Waals surface area contributed by atoms with Gasteiger partial charge in [0.25, 0.3) is 5.69 Å². The molecule has 0 spiro atoms. The summed E-state index contributed by atoms with van der Waals surface area (Å²) in [4.78, 5) is 22.1. The number of hydrogen-bond donors (Lipinski definition) is 2. The molecule has 1 aromatic carbocycles. The van der Waals surface area contributed by atoms with Gasteiger partial charge in [-0.3, -0.25) is 14.9 Å². The summed E-state index contributed by atoms with van der Waals surface area (Å²) in [6, 6.07) is 2.68. The van der Waals surface area contributed by atoms with E-state index in [0.717, 1.165) is 0 Å². The van der Waals surface area contributed by atoms with Crippen molar-refractivity contribution < 1.29 is 19.2 Å². The van der Waals surface area contributed by atoms with E-state index >= 15 is 0 Å². The number of hydrogen-bond acceptors (Lipinski definition) is 6. The summed E-state index contributed by atoms with van der Waals surface area (Å²) in [5.41, 5.74) is 0.167. The molecule has 1 N–H and O–H groups in total. The molecule has 7 nitrogen and oxygen atoms in total. The first-order valence-corrected chi connectivity index (χ1v) is 6.81. The molecule has 0 radical (unpaired) electrons. The quantitative estimate of drug-likeness (QED) is 0.213. The van der Waals surface area contributed by atoms with E-state index in [0.29, 0.717) is 29.9 Å². The van der Waals surface area contributed by atoms with Crippen molar-refractivity contribution in [3.63, 3.8) is 0 Å². The summed E-state index contributed by atoms with van der Waals surface area (Å²) >= 11 is 4.02. The van der Waals surface area contributed by atoms with Crippen LogP contribution >= 0.6 is 12.6 Å². The van der Waals surface area contributed by atoms with Crippen molar-refractivity contribution in [3.8, 4) is 11.5 Å². The monoisotopic (exact) mass is 580 g/mol. The molecule has 1 aromatic rings. The molecular formula is C13H17N2O5RfS-. The first-order valence-electron chi connectivity index (χ1n) is 6.18. The number of nitrogens with one attached hydrogen (secondary N) is 1. The summed E-state index contributed by atoms with van der Waals surface area (Å²) in [7, 11) is 4.64. The summed E-state index contributed by atoms with van der Waals surface area (Å²) in [5, 5.41) is 13.7. The Labute approximate surface area is 128 Å². The molecule has 0 bridgehead atoms. The number of nitrogens with zero attached hydrogens (tertiary/aromatic N) is 1. The molecule has 0 aliphatic carbocycles. The maximum atomic E-state index is 11.6. The summed E-state index contributed by atoms with van der Waals surface area (Å²) in [6.45, 7) is 0.0372. The Morgan fingerprint density at radius 1 is 1.45 bits per heavy atom. The Balaban J connectivity index is 0.00000441. The average molecular weight is 580 g/mol. The third-order valence-electron chi connectivity index (χ3n) is 2.76. The fourth-order valence-corrected chi connectivity index (χ4v) is 1.86. The van der Waals surface area contributed by atoms with Crippen LogP contribution in [0.15, 0.2) is 12.1 Å².